The van der Waals surface area contributed by atoms with E-state index in [-0.39, 0.29) is 35.2 Å². The van der Waals surface area contributed by atoms with Crippen LogP contribution in [0, 0.1) is 13.8 Å². The summed E-state index contributed by atoms with van der Waals surface area (Å²) in [6.07, 6.45) is -0.175. The molecule has 0 spiro atoms. The molecule has 2 aliphatic rings. The number of rotatable bonds is 5. The Morgan fingerprint density at radius 3 is 2.50 bits per heavy atom. The van der Waals surface area contributed by atoms with Crippen molar-refractivity contribution >= 4 is 15.9 Å². The maximum Gasteiger partial charge on any atom is 0.249 e. The highest BCUT2D eigenvalue weighted by Gasteiger charge is 2.47. The van der Waals surface area contributed by atoms with Crippen molar-refractivity contribution in [2.24, 2.45) is 0 Å². The van der Waals surface area contributed by atoms with Gasteiger partial charge >= 0.3 is 0 Å². The quantitative estimate of drug-likeness (QED) is 0.699. The van der Waals surface area contributed by atoms with Gasteiger partial charge in [-0.25, -0.2) is 8.42 Å². The molecule has 2 atom stereocenters. The molecule has 1 aromatic carbocycles. The van der Waals surface area contributed by atoms with Crippen molar-refractivity contribution in [3.05, 3.63) is 41.8 Å². The number of sulfonamides is 1. The molecule has 2 saturated heterocycles. The first-order valence-electron chi connectivity index (χ1n) is 9.91. The third-order valence-corrected chi connectivity index (χ3v) is 7.53. The van der Waals surface area contributed by atoms with Crippen LogP contribution in [0.15, 0.2) is 39.8 Å². The predicted octanol–water partition coefficient (Wildman–Crippen LogP) is 1.36. The molecule has 2 aliphatic heterocycles. The molecule has 1 aromatic heterocycles. The smallest absolute Gasteiger partial charge is 0.249 e. The summed E-state index contributed by atoms with van der Waals surface area (Å²) in [5.41, 5.74) is 0.275. The van der Waals surface area contributed by atoms with E-state index in [4.69, 9.17) is 14.0 Å². The van der Waals surface area contributed by atoms with Gasteiger partial charge in [0.15, 0.2) is 5.76 Å². The zero-order valence-corrected chi connectivity index (χ0v) is 17.8. The third kappa shape index (κ3) is 3.94. The lowest BCUT2D eigenvalue weighted by Crippen LogP contribution is -2.51. The average Bonchev–Trinajstić information content (AvgIpc) is 3.32. The van der Waals surface area contributed by atoms with Crippen LogP contribution in [0.2, 0.25) is 0 Å². The highest BCUT2D eigenvalue weighted by molar-refractivity contribution is 7.89. The summed E-state index contributed by atoms with van der Waals surface area (Å²) >= 11 is 0. The molecule has 0 bridgehead atoms. The standard InChI is InChI=1S/C20H25N3O6S/c1-14-19(15(2)29-21-14)30(25,26)23-13-17(28-16-6-4-3-5-7-16)12-18(23)20(24)22-8-10-27-11-9-22/h3-7,17-18H,8-13H2,1-2H3/t17-,18-/m0/s1. The number of aryl methyl sites for hydroxylation is 2. The second-order valence-electron chi connectivity index (χ2n) is 7.47. The van der Waals surface area contributed by atoms with Crippen LogP contribution in [0.25, 0.3) is 0 Å². The summed E-state index contributed by atoms with van der Waals surface area (Å²) in [6, 6.07) is 8.34. The Labute approximate surface area is 175 Å². The van der Waals surface area contributed by atoms with E-state index >= 15 is 0 Å². The van der Waals surface area contributed by atoms with Gasteiger partial charge in [-0.2, -0.15) is 4.31 Å². The highest BCUT2D eigenvalue weighted by Crippen LogP contribution is 2.32. The molecule has 2 aromatic rings. The fourth-order valence-electron chi connectivity index (χ4n) is 3.99. The molecule has 0 radical (unpaired) electrons. The molecule has 0 saturated carbocycles. The summed E-state index contributed by atoms with van der Waals surface area (Å²) in [7, 11) is -4.00. The Morgan fingerprint density at radius 1 is 1.17 bits per heavy atom. The summed E-state index contributed by atoms with van der Waals surface area (Å²) < 4.78 is 44.7. The van der Waals surface area contributed by atoms with Crippen LogP contribution >= 0.6 is 0 Å². The van der Waals surface area contributed by atoms with Crippen molar-refractivity contribution in [1.29, 1.82) is 0 Å². The number of para-hydroxylation sites is 1. The molecule has 30 heavy (non-hydrogen) atoms. The molecular formula is C20H25N3O6S. The van der Waals surface area contributed by atoms with Crippen LogP contribution in [0.5, 0.6) is 5.75 Å². The summed E-state index contributed by atoms with van der Waals surface area (Å²) in [6.45, 7) is 4.98. The van der Waals surface area contributed by atoms with Gasteiger partial charge in [0.2, 0.25) is 15.9 Å². The third-order valence-electron chi connectivity index (χ3n) is 5.41. The number of amides is 1. The SMILES string of the molecule is Cc1noc(C)c1S(=O)(=O)N1C[C@@H](Oc2ccccc2)C[C@H]1C(=O)N1CCOCC1. The fraction of sp³-hybridized carbons (Fsp3) is 0.500. The van der Waals surface area contributed by atoms with E-state index < -0.39 is 22.2 Å². The van der Waals surface area contributed by atoms with Gasteiger partial charge in [0.25, 0.3) is 0 Å². The Morgan fingerprint density at radius 2 is 1.87 bits per heavy atom. The van der Waals surface area contributed by atoms with Crippen molar-refractivity contribution in [3.63, 3.8) is 0 Å². The summed E-state index contributed by atoms with van der Waals surface area (Å²) in [5.74, 6) is 0.613. The van der Waals surface area contributed by atoms with Crippen LogP contribution < -0.4 is 4.74 Å². The van der Waals surface area contributed by atoms with Crippen molar-refractivity contribution in [3.8, 4) is 5.75 Å². The molecular weight excluding hydrogens is 410 g/mol. The fourth-order valence-corrected chi connectivity index (χ4v) is 5.91. The topological polar surface area (TPSA) is 102 Å². The average molecular weight is 436 g/mol. The Bertz CT molecular complexity index is 981. The maximum absolute atomic E-state index is 13.5. The lowest BCUT2D eigenvalue weighted by Gasteiger charge is -2.31. The maximum atomic E-state index is 13.5. The molecule has 4 rings (SSSR count). The predicted molar refractivity (Wildman–Crippen MR) is 107 cm³/mol. The van der Waals surface area contributed by atoms with E-state index in [0.717, 1.165) is 0 Å². The number of benzene rings is 1. The molecule has 162 valence electrons. The Hall–Kier alpha value is -2.43. The lowest BCUT2D eigenvalue weighted by atomic mass is 10.1. The van der Waals surface area contributed by atoms with Gasteiger partial charge in [0.1, 0.15) is 28.5 Å². The van der Waals surface area contributed by atoms with Gasteiger partial charge in [-0.15, -0.1) is 0 Å². The van der Waals surface area contributed by atoms with Gasteiger partial charge in [0, 0.05) is 19.5 Å². The first-order chi connectivity index (χ1) is 14.4. The van der Waals surface area contributed by atoms with Crippen molar-refractivity contribution in [2.75, 3.05) is 32.8 Å². The summed E-state index contributed by atoms with van der Waals surface area (Å²) in [5, 5.41) is 3.78. The molecule has 2 fully saturated rings. The van der Waals surface area contributed by atoms with Crippen LogP contribution in [0.3, 0.4) is 0 Å². The van der Waals surface area contributed by atoms with Crippen LogP contribution in [-0.2, 0) is 19.6 Å². The monoisotopic (exact) mass is 435 g/mol. The zero-order valence-electron chi connectivity index (χ0n) is 17.0. The number of hydrogen-bond acceptors (Lipinski definition) is 7. The van der Waals surface area contributed by atoms with E-state index in [0.29, 0.717) is 32.1 Å². The molecule has 3 heterocycles. The van der Waals surface area contributed by atoms with Gasteiger partial charge in [0.05, 0.1) is 19.8 Å². The number of carbonyl (C=O) groups is 1. The molecule has 0 aliphatic carbocycles. The normalized spacial score (nSPS) is 22.9. The number of carbonyl (C=O) groups excluding carboxylic acids is 1. The van der Waals surface area contributed by atoms with Crippen molar-refractivity contribution in [1.82, 2.24) is 14.4 Å². The first kappa shape index (κ1) is 20.8. The van der Waals surface area contributed by atoms with E-state index in [1.54, 1.807) is 18.7 Å². The second kappa shape index (κ2) is 8.37. The number of aromatic nitrogens is 1. The van der Waals surface area contributed by atoms with E-state index in [2.05, 4.69) is 5.16 Å². The minimum atomic E-state index is -4.00. The number of hydrogen-bond donors (Lipinski definition) is 0. The van der Waals surface area contributed by atoms with Crippen LogP contribution in [-0.4, -0.2) is 73.7 Å². The molecule has 9 nitrogen and oxygen atoms in total. The zero-order chi connectivity index (χ0) is 21.3. The number of nitrogens with zero attached hydrogens (tertiary/aromatic N) is 3. The van der Waals surface area contributed by atoms with E-state index in [9.17, 15) is 13.2 Å². The number of morpholine rings is 1. The van der Waals surface area contributed by atoms with E-state index in [1.165, 1.54) is 4.31 Å². The Balaban J connectivity index is 1.64. The van der Waals surface area contributed by atoms with Gasteiger partial charge in [-0.3, -0.25) is 4.79 Å². The molecule has 1 amide bonds. The minimum Gasteiger partial charge on any atom is -0.489 e. The van der Waals surface area contributed by atoms with Crippen LogP contribution in [0.4, 0.5) is 0 Å². The largest absolute Gasteiger partial charge is 0.489 e. The van der Waals surface area contributed by atoms with Crippen molar-refractivity contribution in [2.45, 2.75) is 37.3 Å². The van der Waals surface area contributed by atoms with E-state index in [1.807, 2.05) is 30.3 Å². The Kier molecular flexibility index (Phi) is 5.81. The minimum absolute atomic E-state index is 0.0163. The van der Waals surface area contributed by atoms with Crippen LogP contribution in [0.1, 0.15) is 17.9 Å². The molecule has 10 heteroatoms. The number of ether oxygens (including phenoxy) is 2. The highest BCUT2D eigenvalue weighted by atomic mass is 32.2. The summed E-state index contributed by atoms with van der Waals surface area (Å²) in [4.78, 5) is 14.9. The van der Waals surface area contributed by atoms with Gasteiger partial charge in [-0.1, -0.05) is 23.4 Å². The second-order valence-corrected chi connectivity index (χ2v) is 9.30. The lowest BCUT2D eigenvalue weighted by molar-refractivity contribution is -0.138. The first-order valence-corrected chi connectivity index (χ1v) is 11.3. The molecule has 0 unspecified atom stereocenters. The van der Waals surface area contributed by atoms with Gasteiger partial charge in [-0.05, 0) is 26.0 Å². The van der Waals surface area contributed by atoms with Crippen molar-refractivity contribution < 1.29 is 27.2 Å². The van der Waals surface area contributed by atoms with Gasteiger partial charge < -0.3 is 18.9 Å². The molecule has 0 N–H and O–H groups in total.